The minimum absolute atomic E-state index is 0.244. The fraction of sp³-hybridized carbons (Fsp3) is 0.118. The summed E-state index contributed by atoms with van der Waals surface area (Å²) in [5.74, 6) is -0.244. The molecular weight excluding hydrogens is 304 g/mol. The highest BCUT2D eigenvalue weighted by molar-refractivity contribution is 6.01. The van der Waals surface area contributed by atoms with Gasteiger partial charge in [-0.25, -0.2) is 10.1 Å². The lowest BCUT2D eigenvalue weighted by Gasteiger charge is -2.05. The van der Waals surface area contributed by atoms with Gasteiger partial charge in [0.1, 0.15) is 6.33 Å². The standard InChI is InChI=1S/C17H16N6O/c1-12-6-8-14(9-7-12)17(24)20-19-13(2)15-4-3-5-16(10-15)23-11-18-21-22-23/h3-11H,1-2H3,(H,20,24)/b19-13+. The number of aryl methyl sites for hydroxylation is 1. The average Bonchev–Trinajstić information content (AvgIpc) is 3.15. The second-order valence-electron chi connectivity index (χ2n) is 5.31. The van der Waals surface area contributed by atoms with Gasteiger partial charge in [-0.05, 0) is 54.1 Å². The number of rotatable bonds is 4. The molecule has 0 aliphatic heterocycles. The second-order valence-corrected chi connectivity index (χ2v) is 5.31. The molecule has 120 valence electrons. The Balaban J connectivity index is 1.75. The van der Waals surface area contributed by atoms with E-state index in [-0.39, 0.29) is 5.91 Å². The van der Waals surface area contributed by atoms with E-state index in [9.17, 15) is 4.79 Å². The minimum Gasteiger partial charge on any atom is -0.267 e. The van der Waals surface area contributed by atoms with Gasteiger partial charge >= 0.3 is 0 Å². The Bertz CT molecular complexity index is 868. The van der Waals surface area contributed by atoms with Crippen molar-refractivity contribution in [2.45, 2.75) is 13.8 Å². The van der Waals surface area contributed by atoms with Crippen molar-refractivity contribution < 1.29 is 4.79 Å². The molecular formula is C17H16N6O. The van der Waals surface area contributed by atoms with Gasteiger partial charge in [0.25, 0.3) is 5.91 Å². The van der Waals surface area contributed by atoms with Crippen LogP contribution in [-0.2, 0) is 0 Å². The van der Waals surface area contributed by atoms with Gasteiger partial charge in [-0.15, -0.1) is 5.10 Å². The summed E-state index contributed by atoms with van der Waals surface area (Å²) in [6.07, 6.45) is 1.52. The van der Waals surface area contributed by atoms with Gasteiger partial charge in [0.15, 0.2) is 0 Å². The van der Waals surface area contributed by atoms with E-state index in [2.05, 4.69) is 26.1 Å². The number of hydrazone groups is 1. The fourth-order valence-electron chi connectivity index (χ4n) is 2.12. The van der Waals surface area contributed by atoms with Crippen LogP contribution in [-0.4, -0.2) is 31.8 Å². The van der Waals surface area contributed by atoms with Gasteiger partial charge in [-0.1, -0.05) is 29.8 Å². The minimum atomic E-state index is -0.244. The molecule has 0 saturated carbocycles. The fourth-order valence-corrected chi connectivity index (χ4v) is 2.12. The number of aromatic nitrogens is 4. The number of tetrazole rings is 1. The molecule has 0 radical (unpaired) electrons. The van der Waals surface area contributed by atoms with Crippen LogP contribution in [0.5, 0.6) is 0 Å². The third kappa shape index (κ3) is 3.52. The van der Waals surface area contributed by atoms with Crippen LogP contribution in [0.4, 0.5) is 0 Å². The topological polar surface area (TPSA) is 85.1 Å². The predicted octanol–water partition coefficient (Wildman–Crippen LogP) is 2.12. The molecule has 1 heterocycles. The summed E-state index contributed by atoms with van der Waals surface area (Å²) in [5.41, 5.74) is 6.61. The highest BCUT2D eigenvalue weighted by atomic mass is 16.2. The second kappa shape index (κ2) is 6.82. The van der Waals surface area contributed by atoms with E-state index in [1.807, 2.05) is 50.2 Å². The lowest BCUT2D eigenvalue weighted by Crippen LogP contribution is -2.19. The van der Waals surface area contributed by atoms with Crippen molar-refractivity contribution in [3.63, 3.8) is 0 Å². The molecule has 7 heteroatoms. The number of carbonyl (C=O) groups is 1. The molecule has 0 fully saturated rings. The van der Waals surface area contributed by atoms with Gasteiger partial charge in [0.05, 0.1) is 11.4 Å². The van der Waals surface area contributed by atoms with Crippen LogP contribution >= 0.6 is 0 Å². The van der Waals surface area contributed by atoms with Crippen LogP contribution in [0.25, 0.3) is 5.69 Å². The lowest BCUT2D eigenvalue weighted by molar-refractivity contribution is 0.0955. The Morgan fingerprint density at radius 3 is 2.62 bits per heavy atom. The molecule has 1 amide bonds. The van der Waals surface area contributed by atoms with Crippen LogP contribution in [0.1, 0.15) is 28.4 Å². The molecule has 0 atom stereocenters. The van der Waals surface area contributed by atoms with Crippen molar-refractivity contribution in [3.05, 3.63) is 71.5 Å². The zero-order valence-corrected chi connectivity index (χ0v) is 13.3. The predicted molar refractivity (Wildman–Crippen MR) is 90.0 cm³/mol. The summed E-state index contributed by atoms with van der Waals surface area (Å²) in [7, 11) is 0. The third-order valence-electron chi connectivity index (χ3n) is 3.52. The molecule has 0 saturated heterocycles. The largest absolute Gasteiger partial charge is 0.271 e. The highest BCUT2D eigenvalue weighted by Crippen LogP contribution is 2.10. The molecule has 0 aliphatic carbocycles. The number of benzene rings is 2. The number of carbonyl (C=O) groups excluding carboxylic acids is 1. The Hall–Kier alpha value is -3.35. The van der Waals surface area contributed by atoms with Gasteiger partial charge in [-0.3, -0.25) is 4.79 Å². The monoisotopic (exact) mass is 320 g/mol. The van der Waals surface area contributed by atoms with E-state index in [4.69, 9.17) is 0 Å². The number of amides is 1. The number of hydrogen-bond acceptors (Lipinski definition) is 5. The Kier molecular flexibility index (Phi) is 4.42. The first-order valence-electron chi connectivity index (χ1n) is 7.38. The highest BCUT2D eigenvalue weighted by Gasteiger charge is 2.06. The van der Waals surface area contributed by atoms with E-state index in [1.165, 1.54) is 6.33 Å². The molecule has 3 rings (SSSR count). The summed E-state index contributed by atoms with van der Waals surface area (Å²) >= 11 is 0. The van der Waals surface area contributed by atoms with Crippen molar-refractivity contribution >= 4 is 11.6 Å². The summed E-state index contributed by atoms with van der Waals surface area (Å²) in [6.45, 7) is 3.80. The van der Waals surface area contributed by atoms with Crippen LogP contribution < -0.4 is 5.43 Å². The summed E-state index contributed by atoms with van der Waals surface area (Å²) < 4.78 is 1.56. The Labute approximate surface area is 139 Å². The van der Waals surface area contributed by atoms with Crippen molar-refractivity contribution in [2.75, 3.05) is 0 Å². The van der Waals surface area contributed by atoms with E-state index in [0.29, 0.717) is 11.3 Å². The molecule has 1 N–H and O–H groups in total. The molecule has 0 aliphatic rings. The summed E-state index contributed by atoms with van der Waals surface area (Å²) in [5, 5.41) is 15.3. The van der Waals surface area contributed by atoms with Crippen molar-refractivity contribution in [2.24, 2.45) is 5.10 Å². The van der Waals surface area contributed by atoms with Crippen LogP contribution in [0.2, 0.25) is 0 Å². The molecule has 0 spiro atoms. The number of nitrogens with one attached hydrogen (secondary N) is 1. The first-order valence-corrected chi connectivity index (χ1v) is 7.38. The third-order valence-corrected chi connectivity index (χ3v) is 3.52. The molecule has 1 aromatic heterocycles. The van der Waals surface area contributed by atoms with E-state index >= 15 is 0 Å². The van der Waals surface area contributed by atoms with Crippen LogP contribution in [0.15, 0.2) is 60.0 Å². The van der Waals surface area contributed by atoms with E-state index < -0.39 is 0 Å². The summed E-state index contributed by atoms with van der Waals surface area (Å²) in [6, 6.07) is 14.9. The normalized spacial score (nSPS) is 11.3. The maximum absolute atomic E-state index is 12.1. The van der Waals surface area contributed by atoms with Crippen LogP contribution in [0, 0.1) is 6.92 Å². The number of hydrogen-bond donors (Lipinski definition) is 1. The first kappa shape index (κ1) is 15.5. The van der Waals surface area contributed by atoms with E-state index in [1.54, 1.807) is 16.8 Å². The molecule has 0 bridgehead atoms. The quantitative estimate of drug-likeness (QED) is 0.589. The molecule has 2 aromatic carbocycles. The molecule has 3 aromatic rings. The maximum atomic E-state index is 12.1. The Morgan fingerprint density at radius 2 is 1.92 bits per heavy atom. The molecule has 7 nitrogen and oxygen atoms in total. The van der Waals surface area contributed by atoms with Crippen molar-refractivity contribution in [3.8, 4) is 5.69 Å². The molecule has 0 unspecified atom stereocenters. The van der Waals surface area contributed by atoms with Gasteiger partial charge < -0.3 is 0 Å². The Morgan fingerprint density at radius 1 is 1.12 bits per heavy atom. The average molecular weight is 320 g/mol. The van der Waals surface area contributed by atoms with Crippen LogP contribution in [0.3, 0.4) is 0 Å². The molecule has 24 heavy (non-hydrogen) atoms. The number of nitrogens with zero attached hydrogens (tertiary/aromatic N) is 5. The van der Waals surface area contributed by atoms with E-state index in [0.717, 1.165) is 16.8 Å². The summed E-state index contributed by atoms with van der Waals surface area (Å²) in [4.78, 5) is 12.1. The SMILES string of the molecule is C/C(=N\NC(=O)c1ccc(C)cc1)c1cccc(-n2cnnn2)c1. The van der Waals surface area contributed by atoms with Gasteiger partial charge in [-0.2, -0.15) is 5.10 Å². The van der Waals surface area contributed by atoms with Crippen molar-refractivity contribution in [1.29, 1.82) is 0 Å². The van der Waals surface area contributed by atoms with Crippen molar-refractivity contribution in [1.82, 2.24) is 25.6 Å². The first-order chi connectivity index (χ1) is 11.6. The zero-order valence-electron chi connectivity index (χ0n) is 13.3. The lowest BCUT2D eigenvalue weighted by atomic mass is 10.1. The smallest absolute Gasteiger partial charge is 0.267 e. The van der Waals surface area contributed by atoms with Gasteiger partial charge in [0, 0.05) is 5.56 Å². The maximum Gasteiger partial charge on any atom is 0.271 e. The van der Waals surface area contributed by atoms with Gasteiger partial charge in [0.2, 0.25) is 0 Å². The zero-order chi connectivity index (χ0) is 16.9.